The van der Waals surface area contributed by atoms with Gasteiger partial charge in [0.05, 0.1) is 5.41 Å². The largest absolute Gasteiger partial charge is 0.369 e. The van der Waals surface area contributed by atoms with E-state index >= 15 is 0 Å². The maximum Gasteiger partial charge on any atom is 0.192 e. The summed E-state index contributed by atoms with van der Waals surface area (Å²) in [5, 5.41) is 11.0. The average molecular weight is 2000 g/mol. The molecule has 0 aromatic rings. The van der Waals surface area contributed by atoms with Gasteiger partial charge in [-0.2, -0.15) is 0 Å². The summed E-state index contributed by atoms with van der Waals surface area (Å²) in [4.78, 5) is 0. The molecule has 0 aliphatic carbocycles. The van der Waals surface area contributed by atoms with Gasteiger partial charge < -0.3 is 5.11 Å². The van der Waals surface area contributed by atoms with Crippen molar-refractivity contribution in [3.63, 3.8) is 0 Å². The van der Waals surface area contributed by atoms with Gasteiger partial charge in [0.1, 0.15) is 1.16 Å². The first kappa shape index (κ1) is 33.9. The summed E-state index contributed by atoms with van der Waals surface area (Å²) in [6, 6.07) is 0. The van der Waals surface area contributed by atoms with Crippen molar-refractivity contribution in [1.82, 2.24) is 0 Å². The minimum Gasteiger partial charge on any atom is -0.369 e. The third-order valence-corrected chi connectivity index (χ3v) is 26.1. The number of alkyl halides is 15. The monoisotopic (exact) mass is 2000 g/mol. The van der Waals surface area contributed by atoms with Crippen LogP contribution < -0.4 is 0 Å². The molecule has 0 aliphatic rings. The van der Waals surface area contributed by atoms with Crippen LogP contribution in [-0.4, -0.2) is 7.88 Å². The van der Waals surface area contributed by atoms with Gasteiger partial charge in [-0.3, -0.25) is 0 Å². The zero-order valence-electron chi connectivity index (χ0n) is 9.62. The first-order valence-corrected chi connectivity index (χ1v) is 20.7. The molecule has 0 spiro atoms. The Balaban J connectivity index is 7.12. The molecule has 0 rings (SSSR count). The van der Waals surface area contributed by atoms with Crippen molar-refractivity contribution in [2.75, 3.05) is 0 Å². The molecule has 0 unspecified atom stereocenters. The van der Waals surface area contributed by atoms with Gasteiger partial charge in [0.25, 0.3) is 0 Å². The molecular weight excluding hydrogens is 2000 g/mol. The summed E-state index contributed by atoms with van der Waals surface area (Å²) in [5.41, 5.74) is -0.182. The van der Waals surface area contributed by atoms with E-state index in [1.807, 2.05) is 0 Å². The fraction of sp³-hybridized carbons (Fsp3) is 1.00. The fourth-order valence-electron chi connectivity index (χ4n) is 1.44. The standard InChI is InChI=1S/C7HI15O/c8-2(9,3(10,11)7(21,22)23)1(4(12,13)14,5(15,16)17)6(18,19)20/h23H. The number of aliphatic hydroxyl groups is 1. The van der Waals surface area contributed by atoms with Gasteiger partial charge in [-0.1, -0.05) is 294 Å². The van der Waals surface area contributed by atoms with Crippen LogP contribution in [0.2, 0.25) is 0 Å². The molecule has 0 atom stereocenters. The summed E-state index contributed by atoms with van der Waals surface area (Å²) >= 11 is 37.6. The van der Waals surface area contributed by atoms with Crippen LogP contribution in [0.1, 0.15) is 0 Å². The Bertz CT molecular complexity index is 395. The van der Waals surface area contributed by atoms with E-state index in [0.29, 0.717) is 0 Å². The lowest BCUT2D eigenvalue weighted by atomic mass is 9.90. The lowest BCUT2D eigenvalue weighted by molar-refractivity contribution is 0.235. The van der Waals surface area contributed by atoms with E-state index < -0.39 is 3.04 Å². The van der Waals surface area contributed by atoms with Crippen LogP contribution in [0.3, 0.4) is 0 Å². The van der Waals surface area contributed by atoms with Gasteiger partial charge in [0, 0.05) is 0 Å². The van der Waals surface area contributed by atoms with E-state index in [9.17, 15) is 5.11 Å². The summed E-state index contributed by atoms with van der Waals surface area (Å²) < 4.78 is -1.84. The van der Waals surface area contributed by atoms with E-state index in [1.54, 1.807) is 0 Å². The first-order valence-electron chi connectivity index (χ1n) is 4.56. The minimum atomic E-state index is -0.892. The summed E-state index contributed by atoms with van der Waals surface area (Å²) in [6.45, 7) is 0. The van der Waals surface area contributed by atoms with Crippen LogP contribution in [-0.2, 0) is 0 Å². The van der Waals surface area contributed by atoms with E-state index in [2.05, 4.69) is 339 Å². The molecule has 0 radical (unpaired) electrons. The molecule has 0 bridgehead atoms. The van der Waals surface area contributed by atoms with Crippen LogP contribution >= 0.6 is 339 Å². The molecule has 0 saturated heterocycles. The zero-order chi connectivity index (χ0) is 19.5. The molecular formula is C7HI15O. The molecule has 0 aromatic carbocycles. The zero-order valence-corrected chi connectivity index (χ0v) is 42.0. The highest BCUT2D eigenvalue weighted by Crippen LogP contribution is 2.84. The lowest BCUT2D eigenvalue weighted by Gasteiger charge is -2.62. The Morgan fingerprint density at radius 3 is 0.739 bits per heavy atom. The van der Waals surface area contributed by atoms with Crippen molar-refractivity contribution in [3.05, 3.63) is 0 Å². The van der Waals surface area contributed by atoms with Crippen LogP contribution in [0.15, 0.2) is 0 Å². The van der Waals surface area contributed by atoms with E-state index in [0.717, 1.165) is 0 Å². The van der Waals surface area contributed by atoms with Crippen molar-refractivity contribution in [2.24, 2.45) is 5.41 Å². The average Bonchev–Trinajstić information content (AvgIpc) is 2.06. The molecule has 1 N–H and O–H groups in total. The number of hydrogen-bond donors (Lipinski definition) is 1. The normalized spacial score (nSPS) is 16.7. The molecule has 23 heavy (non-hydrogen) atoms. The molecule has 1 nitrogen and oxygen atoms in total. The molecule has 0 aliphatic heterocycles. The number of halogens is 15. The second-order valence-corrected chi connectivity index (χ2v) is 52.9. The Labute approximate surface area is 341 Å². The third-order valence-electron chi connectivity index (χ3n) is 2.52. The predicted molar refractivity (Wildman–Crippen MR) is 231 cm³/mol. The van der Waals surface area contributed by atoms with Gasteiger partial charge in [-0.05, 0) is 45.2 Å². The van der Waals surface area contributed by atoms with Gasteiger partial charge >= 0.3 is 0 Å². The summed E-state index contributed by atoms with van der Waals surface area (Å²) in [5.74, 6) is 0. The van der Waals surface area contributed by atoms with E-state index in [-0.39, 0.29) is 5.15 Å². The molecule has 16 heteroatoms. The highest BCUT2D eigenvalue weighted by atomic mass is 127. The maximum atomic E-state index is 11.0. The van der Waals surface area contributed by atoms with Gasteiger partial charge in [0.15, 0.2) is 1.61 Å². The van der Waals surface area contributed by atoms with Gasteiger partial charge in [0.2, 0.25) is 0 Å². The van der Waals surface area contributed by atoms with Gasteiger partial charge in [-0.25, -0.2) is 0 Å². The van der Waals surface area contributed by atoms with Crippen molar-refractivity contribution in [2.45, 2.75) is 2.78 Å². The highest BCUT2D eigenvalue weighted by molar-refractivity contribution is 14.3. The molecule has 0 aromatic heterocycles. The molecule has 0 saturated carbocycles. The van der Waals surface area contributed by atoms with Crippen LogP contribution in [0.5, 0.6) is 0 Å². The van der Waals surface area contributed by atoms with E-state index in [1.165, 1.54) is 0 Å². The van der Waals surface area contributed by atoms with E-state index in [4.69, 9.17) is 0 Å². The molecule has 0 heterocycles. The Morgan fingerprint density at radius 2 is 0.609 bits per heavy atom. The number of hydrogen-bond acceptors (Lipinski definition) is 1. The first-order chi connectivity index (χ1) is 9.50. The van der Waals surface area contributed by atoms with Crippen molar-refractivity contribution >= 4 is 339 Å². The maximum absolute atomic E-state index is 11.0. The Morgan fingerprint density at radius 1 is 0.391 bits per heavy atom. The second-order valence-electron chi connectivity index (χ2n) is 3.93. The number of rotatable bonds is 6. The Kier molecular flexibility index (Phi) is 17.6. The molecule has 0 fully saturated rings. The summed E-state index contributed by atoms with van der Waals surface area (Å²) in [7, 11) is 0. The van der Waals surface area contributed by atoms with Gasteiger partial charge in [-0.15, -0.1) is 0 Å². The van der Waals surface area contributed by atoms with Crippen molar-refractivity contribution in [3.8, 4) is 0 Å². The predicted octanol–water partition coefficient (Wildman–Crippen LogP) is 11.5. The fourth-order valence-corrected chi connectivity index (χ4v) is 42.5. The van der Waals surface area contributed by atoms with Crippen LogP contribution in [0.4, 0.5) is 0 Å². The third kappa shape index (κ3) is 7.46. The topological polar surface area (TPSA) is 20.2 Å². The SMILES string of the molecule is OC(I)(I)C(I)(I)C(I)(I)C(C(I)(I)I)(C(I)(I)I)C(I)(I)I. The minimum absolute atomic E-state index is 0.0874. The van der Waals surface area contributed by atoms with Crippen LogP contribution in [0.25, 0.3) is 0 Å². The molecule has 140 valence electrons. The second kappa shape index (κ2) is 12.0. The van der Waals surface area contributed by atoms with Crippen LogP contribution in [0, 0.1) is 5.41 Å². The highest BCUT2D eigenvalue weighted by Gasteiger charge is 2.80. The smallest absolute Gasteiger partial charge is 0.192 e. The Hall–Kier alpha value is 10.9. The molecule has 0 amide bonds. The van der Waals surface area contributed by atoms with Crippen molar-refractivity contribution in [1.29, 1.82) is 0 Å². The lowest BCUT2D eigenvalue weighted by Crippen LogP contribution is -2.69. The van der Waals surface area contributed by atoms with Crippen molar-refractivity contribution < 1.29 is 5.11 Å². The summed E-state index contributed by atoms with van der Waals surface area (Å²) in [6.07, 6.45) is 0. The quantitative estimate of drug-likeness (QED) is 0.208.